The zero-order chi connectivity index (χ0) is 19.1. The highest BCUT2D eigenvalue weighted by molar-refractivity contribution is 6.04. The minimum absolute atomic E-state index is 0.0134. The molecule has 0 saturated heterocycles. The van der Waals surface area contributed by atoms with Crippen LogP contribution in [0.1, 0.15) is 43.1 Å². The van der Waals surface area contributed by atoms with Crippen LogP contribution in [0.15, 0.2) is 48.5 Å². The molecular formula is C21H26N2O3. The second kappa shape index (κ2) is 9.04. The molecule has 2 rings (SSSR count). The topological polar surface area (TPSA) is 67.4 Å². The van der Waals surface area contributed by atoms with Gasteiger partial charge in [0.25, 0.3) is 11.8 Å². The van der Waals surface area contributed by atoms with Crippen LogP contribution >= 0.6 is 0 Å². The summed E-state index contributed by atoms with van der Waals surface area (Å²) in [5.41, 5.74) is 2.03. The van der Waals surface area contributed by atoms with Crippen molar-refractivity contribution in [2.24, 2.45) is 0 Å². The van der Waals surface area contributed by atoms with Crippen LogP contribution < -0.4 is 15.4 Å². The Bertz CT molecular complexity index is 754. The average Bonchev–Trinajstić information content (AvgIpc) is 2.61. The molecular weight excluding hydrogens is 328 g/mol. The van der Waals surface area contributed by atoms with Gasteiger partial charge in [0.2, 0.25) is 0 Å². The molecule has 1 atom stereocenters. The first-order chi connectivity index (χ1) is 12.4. The van der Waals surface area contributed by atoms with E-state index >= 15 is 0 Å². The predicted molar refractivity (Wildman–Crippen MR) is 104 cm³/mol. The molecule has 2 N–H and O–H groups in total. The van der Waals surface area contributed by atoms with Crippen LogP contribution in [0.3, 0.4) is 0 Å². The molecule has 5 nitrogen and oxygen atoms in total. The third-order valence-corrected chi connectivity index (χ3v) is 3.81. The summed E-state index contributed by atoms with van der Waals surface area (Å²) in [5.74, 6) is 0.143. The summed E-state index contributed by atoms with van der Waals surface area (Å²) in [6, 6.07) is 14.5. The number of ether oxygens (including phenoxy) is 1. The fourth-order valence-corrected chi connectivity index (χ4v) is 2.45. The van der Waals surface area contributed by atoms with Crippen molar-refractivity contribution in [2.75, 3.05) is 5.32 Å². The summed E-state index contributed by atoms with van der Waals surface area (Å²) >= 11 is 0. The molecule has 0 aliphatic rings. The quantitative estimate of drug-likeness (QED) is 0.792. The lowest BCUT2D eigenvalue weighted by atomic mass is 10.1. The molecule has 0 aliphatic heterocycles. The van der Waals surface area contributed by atoms with Crippen LogP contribution in [-0.2, 0) is 4.79 Å². The lowest BCUT2D eigenvalue weighted by Crippen LogP contribution is -2.34. The molecule has 0 aliphatic carbocycles. The van der Waals surface area contributed by atoms with E-state index in [0.29, 0.717) is 23.4 Å². The first-order valence-corrected chi connectivity index (χ1v) is 8.84. The summed E-state index contributed by atoms with van der Waals surface area (Å²) in [7, 11) is 0. The minimum Gasteiger partial charge on any atom is -0.481 e. The number of anilines is 1. The van der Waals surface area contributed by atoms with Crippen LogP contribution in [0.2, 0.25) is 0 Å². The second-order valence-electron chi connectivity index (χ2n) is 6.49. The van der Waals surface area contributed by atoms with Gasteiger partial charge in [-0.1, -0.05) is 36.8 Å². The van der Waals surface area contributed by atoms with Crippen LogP contribution in [0.25, 0.3) is 0 Å². The van der Waals surface area contributed by atoms with E-state index in [1.807, 2.05) is 52.0 Å². The number of rotatable bonds is 7. The van der Waals surface area contributed by atoms with E-state index in [1.165, 1.54) is 0 Å². The fraction of sp³-hybridized carbons (Fsp3) is 0.333. The van der Waals surface area contributed by atoms with Crippen molar-refractivity contribution in [1.29, 1.82) is 0 Å². The highest BCUT2D eigenvalue weighted by Crippen LogP contribution is 2.18. The molecule has 0 aromatic heterocycles. The highest BCUT2D eigenvalue weighted by Gasteiger charge is 2.21. The maximum Gasteiger partial charge on any atom is 0.265 e. The van der Waals surface area contributed by atoms with Gasteiger partial charge < -0.3 is 15.4 Å². The van der Waals surface area contributed by atoms with E-state index in [1.54, 1.807) is 24.3 Å². The minimum atomic E-state index is -0.640. The van der Waals surface area contributed by atoms with Crippen molar-refractivity contribution in [3.8, 4) is 5.75 Å². The van der Waals surface area contributed by atoms with Crippen molar-refractivity contribution < 1.29 is 14.3 Å². The summed E-state index contributed by atoms with van der Waals surface area (Å²) in [4.78, 5) is 25.0. The van der Waals surface area contributed by atoms with E-state index in [4.69, 9.17) is 4.74 Å². The number of hydrogen-bond donors (Lipinski definition) is 2. The summed E-state index contributed by atoms with van der Waals surface area (Å²) in [6.45, 7) is 7.66. The molecule has 0 saturated carbocycles. The number of benzene rings is 2. The molecule has 0 spiro atoms. The molecule has 2 aromatic rings. The largest absolute Gasteiger partial charge is 0.481 e. The third kappa shape index (κ3) is 5.34. The van der Waals surface area contributed by atoms with Gasteiger partial charge in [0.05, 0.1) is 11.3 Å². The number of carbonyl (C=O) groups is 2. The van der Waals surface area contributed by atoms with Gasteiger partial charge >= 0.3 is 0 Å². The third-order valence-electron chi connectivity index (χ3n) is 3.81. The monoisotopic (exact) mass is 354 g/mol. The van der Waals surface area contributed by atoms with E-state index in [2.05, 4.69) is 10.6 Å². The lowest BCUT2D eigenvalue weighted by molar-refractivity contribution is -0.122. The van der Waals surface area contributed by atoms with E-state index in [0.717, 1.165) is 5.56 Å². The van der Waals surface area contributed by atoms with Crippen molar-refractivity contribution in [3.63, 3.8) is 0 Å². The Morgan fingerprint density at radius 3 is 2.31 bits per heavy atom. The van der Waals surface area contributed by atoms with E-state index in [-0.39, 0.29) is 17.9 Å². The maximum atomic E-state index is 12.6. The van der Waals surface area contributed by atoms with Gasteiger partial charge in [-0.2, -0.15) is 0 Å². The zero-order valence-corrected chi connectivity index (χ0v) is 15.7. The Kier molecular flexibility index (Phi) is 6.78. The van der Waals surface area contributed by atoms with Gasteiger partial charge in [-0.25, -0.2) is 0 Å². The molecule has 0 bridgehead atoms. The van der Waals surface area contributed by atoms with Gasteiger partial charge in [-0.3, -0.25) is 9.59 Å². The normalized spacial score (nSPS) is 11.7. The van der Waals surface area contributed by atoms with Crippen molar-refractivity contribution in [1.82, 2.24) is 5.32 Å². The van der Waals surface area contributed by atoms with E-state index < -0.39 is 6.10 Å². The molecule has 2 amide bonds. The summed E-state index contributed by atoms with van der Waals surface area (Å²) < 4.78 is 5.80. The predicted octanol–water partition coefficient (Wildman–Crippen LogP) is 3.93. The van der Waals surface area contributed by atoms with Gasteiger partial charge in [-0.05, 0) is 51.5 Å². The highest BCUT2D eigenvalue weighted by atomic mass is 16.5. The molecule has 0 heterocycles. The van der Waals surface area contributed by atoms with Crippen molar-refractivity contribution >= 4 is 17.5 Å². The average molecular weight is 354 g/mol. The lowest BCUT2D eigenvalue weighted by Gasteiger charge is -2.19. The van der Waals surface area contributed by atoms with Gasteiger partial charge in [0.15, 0.2) is 6.10 Å². The smallest absolute Gasteiger partial charge is 0.265 e. The number of amides is 2. The van der Waals surface area contributed by atoms with Crippen LogP contribution in [0, 0.1) is 6.92 Å². The van der Waals surface area contributed by atoms with Crippen molar-refractivity contribution in [3.05, 3.63) is 59.7 Å². The molecule has 26 heavy (non-hydrogen) atoms. The number of carbonyl (C=O) groups excluding carboxylic acids is 2. The Labute approximate surface area is 154 Å². The summed E-state index contributed by atoms with van der Waals surface area (Å²) in [5, 5.41) is 5.66. The van der Waals surface area contributed by atoms with Gasteiger partial charge in [-0.15, -0.1) is 0 Å². The van der Waals surface area contributed by atoms with Crippen molar-refractivity contribution in [2.45, 2.75) is 46.3 Å². The van der Waals surface area contributed by atoms with Crippen LogP contribution in [0.4, 0.5) is 5.69 Å². The fourth-order valence-electron chi connectivity index (χ4n) is 2.45. The number of aryl methyl sites for hydroxylation is 1. The number of para-hydroxylation sites is 1. The van der Waals surface area contributed by atoms with Crippen LogP contribution in [0.5, 0.6) is 5.75 Å². The SMILES string of the molecule is CC[C@@H](Oc1ccc(C)cc1)C(=O)Nc1ccccc1C(=O)NC(C)C. The molecule has 138 valence electrons. The van der Waals surface area contributed by atoms with Gasteiger partial charge in [0.1, 0.15) is 5.75 Å². The second-order valence-corrected chi connectivity index (χ2v) is 6.49. The Balaban J connectivity index is 2.12. The molecule has 2 aromatic carbocycles. The number of nitrogens with one attached hydrogen (secondary N) is 2. The first kappa shape index (κ1) is 19.5. The standard InChI is InChI=1S/C21H26N2O3/c1-5-19(26-16-12-10-15(4)11-13-16)21(25)23-18-9-7-6-8-17(18)20(24)22-14(2)3/h6-14,19H,5H2,1-4H3,(H,22,24)(H,23,25)/t19-/m1/s1. The van der Waals surface area contributed by atoms with Crippen LogP contribution in [-0.4, -0.2) is 24.0 Å². The Morgan fingerprint density at radius 1 is 1.04 bits per heavy atom. The zero-order valence-electron chi connectivity index (χ0n) is 15.7. The molecule has 0 radical (unpaired) electrons. The van der Waals surface area contributed by atoms with E-state index in [9.17, 15) is 9.59 Å². The summed E-state index contributed by atoms with van der Waals surface area (Å²) in [6.07, 6.45) is -0.126. The maximum absolute atomic E-state index is 12.6. The first-order valence-electron chi connectivity index (χ1n) is 8.84. The number of hydrogen-bond acceptors (Lipinski definition) is 3. The molecule has 0 unspecified atom stereocenters. The Hall–Kier alpha value is -2.82. The van der Waals surface area contributed by atoms with Gasteiger partial charge in [0, 0.05) is 6.04 Å². The Morgan fingerprint density at radius 2 is 1.69 bits per heavy atom. The molecule has 5 heteroatoms. The molecule has 0 fully saturated rings.